The normalized spacial score (nSPS) is 15.7. The van der Waals surface area contributed by atoms with Gasteiger partial charge in [0.1, 0.15) is 22.8 Å². The quantitative estimate of drug-likeness (QED) is 0.192. The first kappa shape index (κ1) is 26.5. The molecule has 35 heavy (non-hydrogen) atoms. The lowest BCUT2D eigenvalue weighted by atomic mass is 10.1. The van der Waals surface area contributed by atoms with Gasteiger partial charge >= 0.3 is 6.18 Å². The van der Waals surface area contributed by atoms with Crippen LogP contribution >= 0.6 is 23.8 Å². The molecule has 2 aromatic rings. The fraction of sp³-hybridized carbons (Fsp3) is 0.292. The number of hydrogen-bond acceptors (Lipinski definition) is 5. The van der Waals surface area contributed by atoms with E-state index in [1.807, 2.05) is 0 Å². The number of thiocarbonyl (C=S) groups is 1. The Morgan fingerprint density at radius 1 is 1.26 bits per heavy atom. The molecule has 3 rings (SSSR count). The molecule has 2 N–H and O–H groups in total. The Bertz CT molecular complexity index is 1240. The highest BCUT2D eigenvalue weighted by Crippen LogP contribution is 2.48. The molecule has 0 atom stereocenters. The van der Waals surface area contributed by atoms with Gasteiger partial charge in [-0.25, -0.2) is 0 Å². The van der Waals surface area contributed by atoms with Crippen LogP contribution < -0.4 is 20.1 Å². The van der Waals surface area contributed by atoms with E-state index >= 15 is 0 Å². The van der Waals surface area contributed by atoms with Crippen LogP contribution in [0.5, 0.6) is 11.5 Å². The molecular weight excluding hydrogens is 503 g/mol. The molecule has 1 aliphatic rings. The van der Waals surface area contributed by atoms with E-state index in [1.54, 1.807) is 43.5 Å². The van der Waals surface area contributed by atoms with Crippen molar-refractivity contribution >= 4 is 45.6 Å². The third-order valence-electron chi connectivity index (χ3n) is 5.36. The van der Waals surface area contributed by atoms with E-state index in [0.29, 0.717) is 33.7 Å². The Morgan fingerprint density at radius 3 is 2.51 bits per heavy atom. The number of fused-ring (bicyclic) bond motifs is 1. The Balaban J connectivity index is 1.76. The van der Waals surface area contributed by atoms with Crippen LogP contribution in [0.3, 0.4) is 0 Å². The zero-order valence-corrected chi connectivity index (χ0v) is 20.7. The predicted octanol–water partition coefficient (Wildman–Crippen LogP) is 5.92. The summed E-state index contributed by atoms with van der Waals surface area (Å²) >= 11 is 10.9. The van der Waals surface area contributed by atoms with Crippen molar-refractivity contribution in [2.24, 2.45) is 0 Å². The number of alkyl halides is 3. The number of aromatic nitrogens is 1. The smallest absolute Gasteiger partial charge is 0.411 e. The topological polar surface area (TPSA) is 72.5 Å². The maximum atomic E-state index is 13.1. The number of Topliss-reactive ketones (excluding diaryl/α,β-unsaturated/α-hetero) is 1. The van der Waals surface area contributed by atoms with E-state index in [-0.39, 0.29) is 29.4 Å². The second-order valence-corrected chi connectivity index (χ2v) is 8.41. The van der Waals surface area contributed by atoms with Crippen molar-refractivity contribution in [3.8, 4) is 11.5 Å². The number of carbonyl (C=O) groups is 1. The third-order valence-corrected chi connectivity index (χ3v) is 5.80. The van der Waals surface area contributed by atoms with Gasteiger partial charge in [0.15, 0.2) is 10.9 Å². The number of carbonyl (C=O) groups excluding carboxylic acids is 1. The monoisotopic (exact) mass is 525 g/mol. The van der Waals surface area contributed by atoms with Crippen molar-refractivity contribution in [1.82, 2.24) is 15.6 Å². The van der Waals surface area contributed by atoms with Crippen molar-refractivity contribution in [1.29, 1.82) is 0 Å². The Hall–Kier alpha value is -3.11. The molecule has 1 aliphatic carbocycles. The van der Waals surface area contributed by atoms with Gasteiger partial charge in [0.25, 0.3) is 0 Å². The van der Waals surface area contributed by atoms with Crippen molar-refractivity contribution < 1.29 is 27.4 Å². The van der Waals surface area contributed by atoms with Gasteiger partial charge in [-0.3, -0.25) is 9.78 Å². The fourth-order valence-corrected chi connectivity index (χ4v) is 3.70. The average Bonchev–Trinajstić information content (AvgIpc) is 3.60. The highest BCUT2D eigenvalue weighted by atomic mass is 35.5. The molecule has 1 saturated carbocycles. The molecular formula is C24H23ClF3N3O3S. The lowest BCUT2D eigenvalue weighted by Gasteiger charge is -2.22. The summed E-state index contributed by atoms with van der Waals surface area (Å²) in [6.07, 6.45) is 1.85. The number of nitrogens with zero attached hydrogens (tertiary/aromatic N) is 1. The number of nitrogens with one attached hydrogen (secondary N) is 2. The van der Waals surface area contributed by atoms with Crippen LogP contribution in [0.25, 0.3) is 10.9 Å². The molecule has 0 amide bonds. The summed E-state index contributed by atoms with van der Waals surface area (Å²) in [5.74, 6) is 1.09. The zero-order chi connectivity index (χ0) is 25.8. The van der Waals surface area contributed by atoms with Crippen molar-refractivity contribution in [3.05, 3.63) is 65.2 Å². The van der Waals surface area contributed by atoms with Crippen LogP contribution in [0, 0.1) is 0 Å². The van der Waals surface area contributed by atoms with E-state index in [1.165, 1.54) is 20.1 Å². The number of ketones is 1. The van der Waals surface area contributed by atoms with E-state index in [4.69, 9.17) is 33.3 Å². The lowest BCUT2D eigenvalue weighted by Crippen LogP contribution is -2.51. The van der Waals surface area contributed by atoms with Crippen LogP contribution in [0.15, 0.2) is 59.6 Å². The van der Waals surface area contributed by atoms with Gasteiger partial charge in [-0.1, -0.05) is 11.6 Å². The van der Waals surface area contributed by atoms with Gasteiger partial charge in [-0.15, -0.1) is 0 Å². The summed E-state index contributed by atoms with van der Waals surface area (Å²) in [6, 6.07) is 4.96. The number of methoxy groups -OCH3 is 1. The van der Waals surface area contributed by atoms with E-state index < -0.39 is 11.7 Å². The molecule has 0 bridgehead atoms. The molecule has 0 spiro atoms. The first-order valence-electron chi connectivity index (χ1n) is 10.5. The SMILES string of the molecule is C\C=C(/C=C\C(=C\Cl)NC(=S)NC1(C(F)(F)F)CC1)Oc1ccnc2cc(OC)c(C(C)=O)cc12. The summed E-state index contributed by atoms with van der Waals surface area (Å²) in [5, 5.41) is 5.40. The highest BCUT2D eigenvalue weighted by molar-refractivity contribution is 7.80. The first-order valence-corrected chi connectivity index (χ1v) is 11.3. The largest absolute Gasteiger partial charge is 0.496 e. The van der Waals surface area contributed by atoms with Gasteiger partial charge < -0.3 is 20.1 Å². The standard InChI is InChI=1S/C24H23ClF3N3O3S/c1-4-16(6-5-15(13-25)30-22(35)31-23(8-9-23)24(26,27)28)34-20-7-10-29-19-12-21(33-3)17(14(2)32)11-18(19)20/h4-7,10-13H,8-9H2,1-3H3,(H2,30,31,35)/b6-5-,15-13-,16-4+. The number of benzene rings is 1. The van der Waals surface area contributed by atoms with E-state index in [2.05, 4.69) is 15.6 Å². The van der Waals surface area contributed by atoms with Gasteiger partial charge in [-0.05, 0) is 69.3 Å². The molecule has 1 aromatic carbocycles. The van der Waals surface area contributed by atoms with Crippen LogP contribution in [0.4, 0.5) is 13.2 Å². The molecule has 0 saturated heterocycles. The van der Waals surface area contributed by atoms with Crippen LogP contribution in [-0.2, 0) is 0 Å². The molecule has 0 aliphatic heterocycles. The Morgan fingerprint density at radius 2 is 1.97 bits per heavy atom. The van der Waals surface area contributed by atoms with Crippen LogP contribution in [0.2, 0.25) is 0 Å². The molecule has 1 aromatic heterocycles. The first-order chi connectivity index (χ1) is 16.5. The minimum Gasteiger partial charge on any atom is -0.496 e. The summed E-state index contributed by atoms with van der Waals surface area (Å²) in [6.45, 7) is 3.18. The van der Waals surface area contributed by atoms with Crippen molar-refractivity contribution in [3.63, 3.8) is 0 Å². The van der Waals surface area contributed by atoms with Gasteiger partial charge in [-0.2, -0.15) is 13.2 Å². The highest BCUT2D eigenvalue weighted by Gasteiger charge is 2.63. The number of ether oxygens (including phenoxy) is 2. The average molecular weight is 526 g/mol. The molecule has 11 heteroatoms. The van der Waals surface area contributed by atoms with Gasteiger partial charge in [0.2, 0.25) is 0 Å². The van der Waals surface area contributed by atoms with Crippen molar-refractivity contribution in [2.75, 3.05) is 7.11 Å². The van der Waals surface area contributed by atoms with Gasteiger partial charge in [0, 0.05) is 23.2 Å². The van der Waals surface area contributed by atoms with Crippen LogP contribution in [-0.4, -0.2) is 34.7 Å². The lowest BCUT2D eigenvalue weighted by molar-refractivity contribution is -0.161. The number of allylic oxidation sites excluding steroid dienone is 3. The van der Waals surface area contributed by atoms with E-state index in [9.17, 15) is 18.0 Å². The minimum atomic E-state index is -4.40. The maximum Gasteiger partial charge on any atom is 0.411 e. The number of rotatable bonds is 8. The summed E-state index contributed by atoms with van der Waals surface area (Å²) in [7, 11) is 1.47. The molecule has 6 nitrogen and oxygen atoms in total. The summed E-state index contributed by atoms with van der Waals surface area (Å²) in [5.41, 5.74) is 0.382. The maximum absolute atomic E-state index is 13.1. The Labute approximate surface area is 210 Å². The molecule has 0 radical (unpaired) electrons. The zero-order valence-electron chi connectivity index (χ0n) is 19.1. The second-order valence-electron chi connectivity index (χ2n) is 7.78. The predicted molar refractivity (Wildman–Crippen MR) is 133 cm³/mol. The third kappa shape index (κ3) is 6.12. The van der Waals surface area contributed by atoms with E-state index in [0.717, 1.165) is 5.54 Å². The molecule has 1 fully saturated rings. The minimum absolute atomic E-state index is 0.0399. The molecule has 1 heterocycles. The second kappa shape index (κ2) is 10.7. The van der Waals surface area contributed by atoms with Crippen LogP contribution in [0.1, 0.15) is 37.0 Å². The fourth-order valence-electron chi connectivity index (χ4n) is 3.26. The summed E-state index contributed by atoms with van der Waals surface area (Å²) < 4.78 is 50.7. The number of pyridine rings is 1. The molecule has 186 valence electrons. The van der Waals surface area contributed by atoms with Crippen molar-refractivity contribution in [2.45, 2.75) is 38.4 Å². The molecule has 0 unspecified atom stereocenters. The Kier molecular flexibility index (Phi) is 8.07. The summed E-state index contributed by atoms with van der Waals surface area (Å²) in [4.78, 5) is 16.3. The number of halogens is 4. The number of hydrogen-bond donors (Lipinski definition) is 2. The van der Waals surface area contributed by atoms with Gasteiger partial charge in [0.05, 0.1) is 23.9 Å².